The molecule has 0 bridgehead atoms. The van der Waals surface area contributed by atoms with E-state index < -0.39 is 11.7 Å². The van der Waals surface area contributed by atoms with E-state index in [0.29, 0.717) is 6.54 Å². The first-order chi connectivity index (χ1) is 19.9. The quantitative estimate of drug-likeness (QED) is 0.174. The molecule has 1 fully saturated rings. The summed E-state index contributed by atoms with van der Waals surface area (Å²) < 4.78 is 40.0. The lowest BCUT2D eigenvalue weighted by Crippen LogP contribution is -2.31. The Kier molecular flexibility index (Phi) is 7.36. The summed E-state index contributed by atoms with van der Waals surface area (Å²) in [5.41, 5.74) is 4.29. The molecule has 5 heteroatoms. The molecule has 0 unspecified atom stereocenters. The molecule has 2 aliphatic rings. The van der Waals surface area contributed by atoms with E-state index in [9.17, 15) is 18.0 Å². The number of benzene rings is 4. The molecule has 206 valence electrons. The SMILES string of the molecule is O=C1[C@H]2[C@@H](C=CC[C@@H]2c2cccc(/C=C/c3ccccc3)c2)[C@H](c2ccc(C(F)(F)F)cc2)N1Cc1ccccc1. The summed E-state index contributed by atoms with van der Waals surface area (Å²) in [6.07, 6.45) is 4.72. The Hall–Kier alpha value is -4.38. The maximum atomic E-state index is 14.2. The van der Waals surface area contributed by atoms with Gasteiger partial charge in [0.2, 0.25) is 5.91 Å². The number of fused-ring (bicyclic) bond motifs is 1. The van der Waals surface area contributed by atoms with Crippen LogP contribution in [0.2, 0.25) is 0 Å². The Morgan fingerprint density at radius 2 is 1.41 bits per heavy atom. The standard InChI is InChI=1S/C36H30F3NO/c37-36(38,39)30-21-19-28(20-22-30)34-32-16-8-15-31(33(32)35(41)40(34)24-27-11-5-2-6-12-27)29-14-7-13-26(23-29)18-17-25-9-3-1-4-10-25/h1-14,16-23,31-34H,15,24H2/b18-17+/t31-,32-,33-,34+/m1/s1. The van der Waals surface area contributed by atoms with Crippen molar-refractivity contribution < 1.29 is 18.0 Å². The number of carbonyl (C=O) groups is 1. The Morgan fingerprint density at radius 1 is 0.756 bits per heavy atom. The van der Waals surface area contributed by atoms with Gasteiger partial charge in [0.05, 0.1) is 17.5 Å². The van der Waals surface area contributed by atoms with E-state index >= 15 is 0 Å². The number of halogens is 3. The zero-order valence-corrected chi connectivity index (χ0v) is 22.4. The molecule has 0 N–H and O–H groups in total. The summed E-state index contributed by atoms with van der Waals surface area (Å²) in [6, 6.07) is 33.2. The number of likely N-dealkylation sites (tertiary alicyclic amines) is 1. The number of allylic oxidation sites excluding steroid dienone is 1. The highest BCUT2D eigenvalue weighted by Gasteiger charge is 2.51. The predicted octanol–water partition coefficient (Wildman–Crippen LogP) is 8.94. The Morgan fingerprint density at radius 3 is 2.12 bits per heavy atom. The summed E-state index contributed by atoms with van der Waals surface area (Å²) in [5.74, 6) is -0.432. The second-order valence-electron chi connectivity index (χ2n) is 10.8. The first-order valence-corrected chi connectivity index (χ1v) is 13.9. The van der Waals surface area contributed by atoms with E-state index in [-0.39, 0.29) is 29.7 Å². The Bertz CT molecular complexity index is 1560. The highest BCUT2D eigenvalue weighted by molar-refractivity contribution is 5.84. The number of hydrogen-bond donors (Lipinski definition) is 0. The van der Waals surface area contributed by atoms with E-state index in [1.807, 2.05) is 59.5 Å². The molecular weight excluding hydrogens is 519 g/mol. The molecule has 1 amide bonds. The molecule has 4 atom stereocenters. The molecule has 41 heavy (non-hydrogen) atoms. The highest BCUT2D eigenvalue weighted by Crippen LogP contribution is 2.52. The van der Waals surface area contributed by atoms with Crippen molar-refractivity contribution >= 4 is 18.1 Å². The van der Waals surface area contributed by atoms with Crippen LogP contribution < -0.4 is 0 Å². The van der Waals surface area contributed by atoms with Crippen LogP contribution in [0.5, 0.6) is 0 Å². The zero-order chi connectivity index (χ0) is 28.4. The molecule has 4 aromatic rings. The number of nitrogens with zero attached hydrogens (tertiary/aromatic N) is 1. The lowest BCUT2D eigenvalue weighted by molar-refractivity contribution is -0.137. The van der Waals surface area contributed by atoms with Crippen LogP contribution in [-0.2, 0) is 17.5 Å². The number of hydrogen-bond acceptors (Lipinski definition) is 1. The van der Waals surface area contributed by atoms with Gasteiger partial charge in [0.1, 0.15) is 0 Å². The number of rotatable bonds is 6. The predicted molar refractivity (Wildman–Crippen MR) is 156 cm³/mol. The van der Waals surface area contributed by atoms with E-state index in [1.165, 1.54) is 12.1 Å². The molecule has 2 nitrogen and oxygen atoms in total. The van der Waals surface area contributed by atoms with Gasteiger partial charge in [-0.15, -0.1) is 0 Å². The van der Waals surface area contributed by atoms with Crippen LogP contribution in [-0.4, -0.2) is 10.8 Å². The minimum atomic E-state index is -4.41. The van der Waals surface area contributed by atoms with Crippen molar-refractivity contribution in [3.63, 3.8) is 0 Å². The molecular formula is C36H30F3NO. The van der Waals surface area contributed by atoms with E-state index in [2.05, 4.69) is 54.6 Å². The van der Waals surface area contributed by atoms with Gasteiger partial charge in [-0.25, -0.2) is 0 Å². The molecule has 6 rings (SSSR count). The first kappa shape index (κ1) is 26.8. The second-order valence-corrected chi connectivity index (χ2v) is 10.8. The molecule has 0 spiro atoms. The Balaban J connectivity index is 1.35. The molecule has 4 aromatic carbocycles. The first-order valence-electron chi connectivity index (χ1n) is 13.9. The third-order valence-corrected chi connectivity index (χ3v) is 8.25. The van der Waals surface area contributed by atoms with Gasteiger partial charge in [0, 0.05) is 12.5 Å². The van der Waals surface area contributed by atoms with Crippen LogP contribution in [0.1, 0.15) is 51.8 Å². The third kappa shape index (κ3) is 5.62. The van der Waals surface area contributed by atoms with Gasteiger partial charge in [-0.2, -0.15) is 13.2 Å². The van der Waals surface area contributed by atoms with Gasteiger partial charge in [-0.1, -0.05) is 121 Å². The van der Waals surface area contributed by atoms with Gasteiger partial charge >= 0.3 is 6.18 Å². The van der Waals surface area contributed by atoms with Gasteiger partial charge in [0.15, 0.2) is 0 Å². The molecule has 1 saturated heterocycles. The number of alkyl halides is 3. The summed E-state index contributed by atoms with van der Waals surface area (Å²) >= 11 is 0. The average Bonchev–Trinajstić information content (AvgIpc) is 3.28. The summed E-state index contributed by atoms with van der Waals surface area (Å²) in [4.78, 5) is 16.1. The molecule has 0 saturated carbocycles. The van der Waals surface area contributed by atoms with Crippen molar-refractivity contribution in [3.8, 4) is 0 Å². The van der Waals surface area contributed by atoms with Crippen LogP contribution >= 0.6 is 0 Å². The van der Waals surface area contributed by atoms with Crippen LogP contribution in [0.3, 0.4) is 0 Å². The van der Waals surface area contributed by atoms with Gasteiger partial charge in [-0.05, 0) is 52.3 Å². The fourth-order valence-corrected chi connectivity index (χ4v) is 6.31. The van der Waals surface area contributed by atoms with E-state index in [1.54, 1.807) is 0 Å². The minimum absolute atomic E-state index is 0.0275. The van der Waals surface area contributed by atoms with Crippen molar-refractivity contribution in [2.75, 3.05) is 0 Å². The molecule has 0 aromatic heterocycles. The Labute approximate surface area is 238 Å². The molecule has 0 radical (unpaired) electrons. The smallest absolute Gasteiger partial charge is 0.330 e. The minimum Gasteiger partial charge on any atom is -0.330 e. The van der Waals surface area contributed by atoms with Crippen molar-refractivity contribution in [1.29, 1.82) is 0 Å². The summed E-state index contributed by atoms with van der Waals surface area (Å²) in [7, 11) is 0. The third-order valence-electron chi connectivity index (χ3n) is 8.25. The largest absolute Gasteiger partial charge is 0.416 e. The molecule has 1 heterocycles. The lowest BCUT2D eigenvalue weighted by atomic mass is 9.71. The van der Waals surface area contributed by atoms with Gasteiger partial charge in [-0.3, -0.25) is 4.79 Å². The highest BCUT2D eigenvalue weighted by atomic mass is 19.4. The van der Waals surface area contributed by atoms with Crippen LogP contribution in [0.15, 0.2) is 121 Å². The maximum Gasteiger partial charge on any atom is 0.416 e. The summed E-state index contributed by atoms with van der Waals surface area (Å²) in [6.45, 7) is 0.402. The van der Waals surface area contributed by atoms with Crippen LogP contribution in [0, 0.1) is 11.8 Å². The average molecular weight is 550 g/mol. The van der Waals surface area contributed by atoms with Crippen molar-refractivity contribution in [3.05, 3.63) is 155 Å². The fourth-order valence-electron chi connectivity index (χ4n) is 6.31. The topological polar surface area (TPSA) is 20.3 Å². The van der Waals surface area contributed by atoms with E-state index in [0.717, 1.165) is 46.4 Å². The molecule has 1 aliphatic carbocycles. The van der Waals surface area contributed by atoms with Crippen molar-refractivity contribution in [1.82, 2.24) is 4.90 Å². The normalized spacial score (nSPS) is 22.3. The zero-order valence-electron chi connectivity index (χ0n) is 22.4. The van der Waals surface area contributed by atoms with E-state index in [4.69, 9.17) is 0 Å². The van der Waals surface area contributed by atoms with Gasteiger partial charge in [0.25, 0.3) is 0 Å². The fraction of sp³-hybridized carbons (Fsp3) is 0.194. The monoisotopic (exact) mass is 549 g/mol. The second kappa shape index (κ2) is 11.2. The maximum absolute atomic E-state index is 14.2. The van der Waals surface area contributed by atoms with Crippen LogP contribution in [0.4, 0.5) is 13.2 Å². The van der Waals surface area contributed by atoms with Crippen LogP contribution in [0.25, 0.3) is 12.2 Å². The number of carbonyl (C=O) groups excluding carboxylic acids is 1. The number of amides is 1. The summed E-state index contributed by atoms with van der Waals surface area (Å²) in [5, 5.41) is 0. The lowest BCUT2D eigenvalue weighted by Gasteiger charge is -2.31. The van der Waals surface area contributed by atoms with Crippen molar-refractivity contribution in [2.45, 2.75) is 31.1 Å². The molecule has 1 aliphatic heterocycles. The van der Waals surface area contributed by atoms with Crippen molar-refractivity contribution in [2.24, 2.45) is 11.8 Å². The van der Waals surface area contributed by atoms with Gasteiger partial charge < -0.3 is 4.90 Å².